The molecule has 0 radical (unpaired) electrons. The number of anilines is 3. The summed E-state index contributed by atoms with van der Waals surface area (Å²) in [5.74, 6) is 1.93. The lowest BCUT2D eigenvalue weighted by Gasteiger charge is -2.35. The molecule has 0 bridgehead atoms. The maximum atomic E-state index is 11.3. The van der Waals surface area contributed by atoms with E-state index in [1.165, 1.54) is 7.11 Å². The predicted octanol–water partition coefficient (Wildman–Crippen LogP) is 1.42. The number of carbonyl (C=O) groups excluding carboxylic acids is 1. The fourth-order valence-corrected chi connectivity index (χ4v) is 4.04. The standard InChI is InChI=1S/C23H33N7O3/c1-32-20(31)4-2-3-9-28-10-12-29(13-11-28)22-25-21(18-5-7-19(24)8-6-18)26-23(27-22)30-14-16-33-17-15-30/h5-8H,2-4,9-17,24H2,1H3. The number of ether oxygens (including phenoxy) is 2. The molecule has 1 aromatic carbocycles. The Kier molecular flexibility index (Phi) is 7.90. The van der Waals surface area contributed by atoms with Crippen LogP contribution in [0, 0.1) is 0 Å². The van der Waals surface area contributed by atoms with E-state index in [1.54, 1.807) is 0 Å². The maximum Gasteiger partial charge on any atom is 0.305 e. The molecule has 2 N–H and O–H groups in total. The van der Waals surface area contributed by atoms with Gasteiger partial charge in [0.05, 0.1) is 20.3 Å². The van der Waals surface area contributed by atoms with Crippen molar-refractivity contribution in [2.45, 2.75) is 19.3 Å². The minimum Gasteiger partial charge on any atom is -0.469 e. The number of benzene rings is 1. The molecule has 0 amide bonds. The van der Waals surface area contributed by atoms with Crippen molar-refractivity contribution in [3.8, 4) is 11.4 Å². The smallest absolute Gasteiger partial charge is 0.305 e. The third-order valence-electron chi connectivity index (χ3n) is 6.06. The minimum atomic E-state index is -0.136. The molecular weight excluding hydrogens is 422 g/mol. The predicted molar refractivity (Wildman–Crippen MR) is 127 cm³/mol. The number of methoxy groups -OCH3 is 1. The Labute approximate surface area is 194 Å². The lowest BCUT2D eigenvalue weighted by molar-refractivity contribution is -0.140. The van der Waals surface area contributed by atoms with Crippen LogP contribution in [0.25, 0.3) is 11.4 Å². The number of rotatable bonds is 8. The molecular formula is C23H33N7O3. The van der Waals surface area contributed by atoms with Gasteiger partial charge in [-0.1, -0.05) is 0 Å². The molecule has 0 atom stereocenters. The lowest BCUT2D eigenvalue weighted by Crippen LogP contribution is -2.47. The number of carbonyl (C=O) groups is 1. The molecule has 0 spiro atoms. The van der Waals surface area contributed by atoms with Gasteiger partial charge in [-0.05, 0) is 43.7 Å². The van der Waals surface area contributed by atoms with Gasteiger partial charge in [0.1, 0.15) is 0 Å². The van der Waals surface area contributed by atoms with Gasteiger partial charge in [-0.25, -0.2) is 0 Å². The number of nitrogens with two attached hydrogens (primary N) is 1. The molecule has 2 aliphatic heterocycles. The number of esters is 1. The molecule has 0 aliphatic carbocycles. The first kappa shape index (κ1) is 23.2. The molecule has 3 heterocycles. The molecule has 2 aromatic rings. The average Bonchev–Trinajstić information content (AvgIpc) is 2.87. The summed E-state index contributed by atoms with van der Waals surface area (Å²) in [7, 11) is 1.44. The number of piperazine rings is 1. The van der Waals surface area contributed by atoms with E-state index in [0.29, 0.717) is 43.0 Å². The Morgan fingerprint density at radius 2 is 1.58 bits per heavy atom. The van der Waals surface area contributed by atoms with Crippen molar-refractivity contribution in [3.05, 3.63) is 24.3 Å². The van der Waals surface area contributed by atoms with E-state index < -0.39 is 0 Å². The molecule has 33 heavy (non-hydrogen) atoms. The van der Waals surface area contributed by atoms with Crippen LogP contribution in [0.3, 0.4) is 0 Å². The highest BCUT2D eigenvalue weighted by molar-refractivity contribution is 5.69. The van der Waals surface area contributed by atoms with Crippen molar-refractivity contribution in [1.82, 2.24) is 19.9 Å². The van der Waals surface area contributed by atoms with E-state index in [4.69, 9.17) is 30.2 Å². The third kappa shape index (κ3) is 6.29. The Balaban J connectivity index is 1.43. The second-order valence-electron chi connectivity index (χ2n) is 8.34. The van der Waals surface area contributed by atoms with Gasteiger partial charge in [0, 0.05) is 56.9 Å². The number of nitrogens with zero attached hydrogens (tertiary/aromatic N) is 6. The van der Waals surface area contributed by atoms with Crippen LogP contribution < -0.4 is 15.5 Å². The van der Waals surface area contributed by atoms with Gasteiger partial charge in [-0.3, -0.25) is 9.69 Å². The fraction of sp³-hybridized carbons (Fsp3) is 0.565. The van der Waals surface area contributed by atoms with Crippen LogP contribution in [0.1, 0.15) is 19.3 Å². The van der Waals surface area contributed by atoms with Crippen molar-refractivity contribution in [3.63, 3.8) is 0 Å². The van der Waals surface area contributed by atoms with Crippen molar-refractivity contribution < 1.29 is 14.3 Å². The second kappa shape index (κ2) is 11.2. The molecule has 0 saturated carbocycles. The molecule has 178 valence electrons. The van der Waals surface area contributed by atoms with E-state index in [-0.39, 0.29) is 5.97 Å². The summed E-state index contributed by atoms with van der Waals surface area (Å²) < 4.78 is 10.2. The van der Waals surface area contributed by atoms with Crippen LogP contribution in [-0.4, -0.2) is 92.0 Å². The van der Waals surface area contributed by atoms with E-state index in [1.807, 2.05) is 24.3 Å². The highest BCUT2D eigenvalue weighted by Crippen LogP contribution is 2.23. The molecule has 2 fully saturated rings. The molecule has 1 aromatic heterocycles. The summed E-state index contributed by atoms with van der Waals surface area (Å²) >= 11 is 0. The van der Waals surface area contributed by atoms with Gasteiger partial charge < -0.3 is 25.0 Å². The maximum absolute atomic E-state index is 11.3. The van der Waals surface area contributed by atoms with Gasteiger partial charge in [0.2, 0.25) is 11.9 Å². The first-order valence-electron chi connectivity index (χ1n) is 11.6. The summed E-state index contributed by atoms with van der Waals surface area (Å²) in [5.41, 5.74) is 7.50. The monoisotopic (exact) mass is 455 g/mol. The van der Waals surface area contributed by atoms with Crippen molar-refractivity contribution in [1.29, 1.82) is 0 Å². The highest BCUT2D eigenvalue weighted by Gasteiger charge is 2.23. The van der Waals surface area contributed by atoms with Crippen molar-refractivity contribution >= 4 is 23.6 Å². The first-order chi connectivity index (χ1) is 16.1. The highest BCUT2D eigenvalue weighted by atomic mass is 16.5. The van der Waals surface area contributed by atoms with E-state index in [0.717, 1.165) is 64.2 Å². The molecule has 10 heteroatoms. The third-order valence-corrected chi connectivity index (χ3v) is 6.06. The van der Waals surface area contributed by atoms with Crippen LogP contribution in [0.5, 0.6) is 0 Å². The fourth-order valence-electron chi connectivity index (χ4n) is 4.04. The van der Waals surface area contributed by atoms with Gasteiger partial charge in [-0.2, -0.15) is 15.0 Å². The molecule has 2 saturated heterocycles. The Bertz CT molecular complexity index is 911. The van der Waals surface area contributed by atoms with Gasteiger partial charge in [0.15, 0.2) is 5.82 Å². The zero-order valence-corrected chi connectivity index (χ0v) is 19.3. The van der Waals surface area contributed by atoms with Gasteiger partial charge in [-0.15, -0.1) is 0 Å². The van der Waals surface area contributed by atoms with E-state index in [9.17, 15) is 4.79 Å². The Morgan fingerprint density at radius 3 is 2.21 bits per heavy atom. The van der Waals surface area contributed by atoms with Crippen LogP contribution in [0.2, 0.25) is 0 Å². The normalized spacial score (nSPS) is 17.2. The topological polar surface area (TPSA) is 110 Å². The van der Waals surface area contributed by atoms with Crippen LogP contribution in [-0.2, 0) is 14.3 Å². The largest absolute Gasteiger partial charge is 0.469 e. The molecule has 0 unspecified atom stereocenters. The lowest BCUT2D eigenvalue weighted by atomic mass is 10.2. The quantitative estimate of drug-likeness (QED) is 0.356. The number of hydrogen-bond acceptors (Lipinski definition) is 10. The zero-order chi connectivity index (χ0) is 23.0. The molecule has 4 rings (SSSR count). The van der Waals surface area contributed by atoms with Crippen molar-refractivity contribution in [2.24, 2.45) is 0 Å². The second-order valence-corrected chi connectivity index (χ2v) is 8.34. The Morgan fingerprint density at radius 1 is 0.939 bits per heavy atom. The Hall–Kier alpha value is -2.98. The first-order valence-corrected chi connectivity index (χ1v) is 11.6. The minimum absolute atomic E-state index is 0.136. The zero-order valence-electron chi connectivity index (χ0n) is 19.3. The van der Waals surface area contributed by atoms with E-state index >= 15 is 0 Å². The number of nitrogen functional groups attached to an aromatic ring is 1. The summed E-state index contributed by atoms with van der Waals surface area (Å²) in [5, 5.41) is 0. The molecule has 2 aliphatic rings. The summed E-state index contributed by atoms with van der Waals surface area (Å²) in [6.07, 6.45) is 2.33. The average molecular weight is 456 g/mol. The molecule has 10 nitrogen and oxygen atoms in total. The number of hydrogen-bond donors (Lipinski definition) is 1. The van der Waals surface area contributed by atoms with Crippen LogP contribution in [0.4, 0.5) is 17.6 Å². The number of unbranched alkanes of at least 4 members (excludes halogenated alkanes) is 1. The summed E-state index contributed by atoms with van der Waals surface area (Å²) in [6.45, 7) is 7.45. The van der Waals surface area contributed by atoms with Crippen LogP contribution in [0.15, 0.2) is 24.3 Å². The number of aromatic nitrogens is 3. The summed E-state index contributed by atoms with van der Waals surface area (Å²) in [6, 6.07) is 7.63. The SMILES string of the molecule is COC(=O)CCCCN1CCN(c2nc(-c3ccc(N)cc3)nc(N3CCOCC3)n2)CC1. The number of morpholine rings is 1. The summed E-state index contributed by atoms with van der Waals surface area (Å²) in [4.78, 5) is 32.5. The van der Waals surface area contributed by atoms with Gasteiger partial charge in [0.25, 0.3) is 0 Å². The van der Waals surface area contributed by atoms with Gasteiger partial charge >= 0.3 is 5.97 Å². The van der Waals surface area contributed by atoms with Crippen molar-refractivity contribution in [2.75, 3.05) is 81.7 Å². The van der Waals surface area contributed by atoms with E-state index in [2.05, 4.69) is 14.7 Å². The van der Waals surface area contributed by atoms with Crippen LogP contribution >= 0.6 is 0 Å².